The van der Waals surface area contributed by atoms with Gasteiger partial charge in [0.2, 0.25) is 0 Å². The highest BCUT2D eigenvalue weighted by molar-refractivity contribution is 5.23. The Kier molecular flexibility index (Phi) is 5.86. The topological polar surface area (TPSA) is 15.7 Å². The average Bonchev–Trinajstić information content (AvgIpc) is 3.18. The zero-order chi connectivity index (χ0) is 18.6. The van der Waals surface area contributed by atoms with E-state index in [9.17, 15) is 4.39 Å². The molecule has 0 N–H and O–H groups in total. The lowest BCUT2D eigenvalue weighted by molar-refractivity contribution is 0.109. The van der Waals surface area contributed by atoms with E-state index in [0.717, 1.165) is 44.8 Å². The quantitative estimate of drug-likeness (QED) is 0.688. The molecule has 27 heavy (non-hydrogen) atoms. The Morgan fingerprint density at radius 1 is 1.04 bits per heavy atom. The summed E-state index contributed by atoms with van der Waals surface area (Å²) in [7, 11) is 2.18. The van der Waals surface area contributed by atoms with Gasteiger partial charge in [0.1, 0.15) is 5.82 Å². The lowest BCUT2D eigenvalue weighted by Gasteiger charge is -2.27. The Morgan fingerprint density at radius 2 is 1.89 bits per heavy atom. The Morgan fingerprint density at radius 3 is 2.70 bits per heavy atom. The summed E-state index contributed by atoms with van der Waals surface area (Å²) >= 11 is 0. The van der Waals surface area contributed by atoms with E-state index in [2.05, 4.69) is 35.0 Å². The molecule has 144 valence electrons. The van der Waals surface area contributed by atoms with Crippen LogP contribution in [0.2, 0.25) is 0 Å². The third kappa shape index (κ3) is 4.40. The third-order valence-corrected chi connectivity index (χ3v) is 6.03. The number of ether oxygens (including phenoxy) is 1. The zero-order valence-corrected chi connectivity index (χ0v) is 16.1. The van der Waals surface area contributed by atoms with Crippen LogP contribution in [0.4, 0.5) is 4.39 Å². The number of nitrogens with zero attached hydrogens (tertiary/aromatic N) is 2. The van der Waals surface area contributed by atoms with Crippen molar-refractivity contribution < 1.29 is 9.13 Å². The Labute approximate surface area is 161 Å². The van der Waals surface area contributed by atoms with Crippen LogP contribution in [0.15, 0.2) is 54.6 Å². The minimum atomic E-state index is -0.130. The molecule has 0 bridgehead atoms. The number of rotatable bonds is 7. The highest BCUT2D eigenvalue weighted by atomic mass is 19.1. The van der Waals surface area contributed by atoms with Crippen LogP contribution in [0.5, 0.6) is 0 Å². The molecule has 0 saturated carbocycles. The maximum absolute atomic E-state index is 13.7. The molecule has 4 rings (SSSR count). The highest BCUT2D eigenvalue weighted by Crippen LogP contribution is 2.44. The number of halogens is 1. The molecule has 0 unspecified atom stereocenters. The normalized spacial score (nSPS) is 25.8. The van der Waals surface area contributed by atoms with Gasteiger partial charge in [-0.2, -0.15) is 0 Å². The molecule has 0 radical (unpaired) electrons. The van der Waals surface area contributed by atoms with E-state index in [1.165, 1.54) is 11.6 Å². The van der Waals surface area contributed by atoms with Gasteiger partial charge in [-0.15, -0.1) is 0 Å². The summed E-state index contributed by atoms with van der Waals surface area (Å²) in [6.07, 6.45) is 1.06. The van der Waals surface area contributed by atoms with Crippen LogP contribution in [0, 0.1) is 17.7 Å². The van der Waals surface area contributed by atoms with Gasteiger partial charge in [-0.05, 0) is 48.6 Å². The summed E-state index contributed by atoms with van der Waals surface area (Å²) in [5.74, 6) is 1.16. The monoisotopic (exact) mass is 368 g/mol. The first kappa shape index (κ1) is 18.6. The van der Waals surface area contributed by atoms with E-state index >= 15 is 0 Å². The summed E-state index contributed by atoms with van der Waals surface area (Å²) in [6.45, 7) is 5.94. The Hall–Kier alpha value is -1.75. The number of likely N-dealkylation sites (tertiary alicyclic amines) is 2. The van der Waals surface area contributed by atoms with Crippen molar-refractivity contribution in [3.8, 4) is 0 Å². The molecular weight excluding hydrogens is 339 g/mol. The molecule has 0 amide bonds. The second-order valence-electron chi connectivity index (χ2n) is 8.01. The van der Waals surface area contributed by atoms with Gasteiger partial charge < -0.3 is 9.64 Å². The van der Waals surface area contributed by atoms with Crippen LogP contribution >= 0.6 is 0 Å². The van der Waals surface area contributed by atoms with Gasteiger partial charge in [0.15, 0.2) is 0 Å². The van der Waals surface area contributed by atoms with Gasteiger partial charge in [0, 0.05) is 38.8 Å². The molecule has 2 fully saturated rings. The van der Waals surface area contributed by atoms with E-state index in [4.69, 9.17) is 4.74 Å². The highest BCUT2D eigenvalue weighted by Gasteiger charge is 2.45. The minimum absolute atomic E-state index is 0.130. The van der Waals surface area contributed by atoms with Gasteiger partial charge in [-0.1, -0.05) is 42.5 Å². The van der Waals surface area contributed by atoms with Crippen LogP contribution in [0.25, 0.3) is 0 Å². The molecule has 2 aromatic carbocycles. The Balaban J connectivity index is 1.25. The van der Waals surface area contributed by atoms with Crippen molar-refractivity contribution in [2.45, 2.75) is 19.1 Å². The third-order valence-electron chi connectivity index (χ3n) is 6.03. The van der Waals surface area contributed by atoms with Crippen molar-refractivity contribution in [1.29, 1.82) is 0 Å². The molecular formula is C23H29FN2O. The molecule has 2 aliphatic rings. The van der Waals surface area contributed by atoms with Crippen molar-refractivity contribution in [2.24, 2.45) is 11.8 Å². The maximum atomic E-state index is 13.7. The smallest absolute Gasteiger partial charge is 0.123 e. The molecule has 2 aliphatic heterocycles. The fraction of sp³-hybridized carbons (Fsp3) is 0.478. The fourth-order valence-corrected chi connectivity index (χ4v) is 4.88. The standard InChI is InChI=1S/C23H29FN2O/c1-25-14-20-15-26(11-6-12-27-17-18-7-3-2-4-8-18)16-22(20)23(25)19-9-5-10-21(24)13-19/h2-5,7-10,13,20,22-23H,6,11-12,14-17H2,1H3/t20-,22+,23-/m0/s1. The molecule has 0 aromatic heterocycles. The lowest BCUT2D eigenvalue weighted by atomic mass is 9.89. The summed E-state index contributed by atoms with van der Waals surface area (Å²) in [5, 5.41) is 0. The van der Waals surface area contributed by atoms with Crippen molar-refractivity contribution in [3.63, 3.8) is 0 Å². The first-order chi connectivity index (χ1) is 13.2. The summed E-state index contributed by atoms with van der Waals surface area (Å²) in [5.41, 5.74) is 2.35. The summed E-state index contributed by atoms with van der Waals surface area (Å²) < 4.78 is 19.5. The van der Waals surface area contributed by atoms with E-state index in [1.54, 1.807) is 6.07 Å². The molecule has 4 heteroatoms. The molecule has 0 spiro atoms. The van der Waals surface area contributed by atoms with E-state index in [1.807, 2.05) is 24.3 Å². The Bertz CT molecular complexity index is 738. The lowest BCUT2D eigenvalue weighted by Crippen LogP contribution is -2.30. The number of hydrogen-bond acceptors (Lipinski definition) is 3. The van der Waals surface area contributed by atoms with Crippen molar-refractivity contribution in [1.82, 2.24) is 9.80 Å². The van der Waals surface area contributed by atoms with E-state index in [0.29, 0.717) is 24.5 Å². The molecule has 0 aliphatic carbocycles. The van der Waals surface area contributed by atoms with Crippen LogP contribution in [-0.2, 0) is 11.3 Å². The molecule has 3 nitrogen and oxygen atoms in total. The molecule has 3 atom stereocenters. The summed E-state index contributed by atoms with van der Waals surface area (Å²) in [4.78, 5) is 4.98. The average molecular weight is 368 g/mol. The predicted octanol–water partition coefficient (Wildman–Crippen LogP) is 3.97. The van der Waals surface area contributed by atoms with E-state index < -0.39 is 0 Å². The summed E-state index contributed by atoms with van der Waals surface area (Å²) in [6, 6.07) is 17.8. The second-order valence-corrected chi connectivity index (χ2v) is 8.01. The maximum Gasteiger partial charge on any atom is 0.123 e. The predicted molar refractivity (Wildman–Crippen MR) is 106 cm³/mol. The molecule has 2 aromatic rings. The van der Waals surface area contributed by atoms with Gasteiger partial charge in [-0.3, -0.25) is 4.90 Å². The second kappa shape index (κ2) is 8.51. The van der Waals surface area contributed by atoms with Gasteiger partial charge in [0.05, 0.1) is 6.61 Å². The van der Waals surface area contributed by atoms with Gasteiger partial charge >= 0.3 is 0 Å². The van der Waals surface area contributed by atoms with Gasteiger partial charge in [-0.25, -0.2) is 4.39 Å². The first-order valence-electron chi connectivity index (χ1n) is 10.0. The minimum Gasteiger partial charge on any atom is -0.377 e. The van der Waals surface area contributed by atoms with Crippen molar-refractivity contribution in [2.75, 3.05) is 39.8 Å². The number of fused-ring (bicyclic) bond motifs is 1. The van der Waals surface area contributed by atoms with Crippen LogP contribution in [-0.4, -0.2) is 49.6 Å². The molecule has 2 saturated heterocycles. The SMILES string of the molecule is CN1C[C@H]2CN(CCCOCc3ccccc3)C[C@H]2[C@@H]1c1cccc(F)c1. The molecule has 2 heterocycles. The van der Waals surface area contributed by atoms with Crippen molar-refractivity contribution >= 4 is 0 Å². The number of benzene rings is 2. The van der Waals surface area contributed by atoms with Gasteiger partial charge in [0.25, 0.3) is 0 Å². The van der Waals surface area contributed by atoms with E-state index in [-0.39, 0.29) is 5.82 Å². The fourth-order valence-electron chi connectivity index (χ4n) is 4.88. The first-order valence-corrected chi connectivity index (χ1v) is 10.0. The zero-order valence-electron chi connectivity index (χ0n) is 16.1. The largest absolute Gasteiger partial charge is 0.377 e. The van der Waals surface area contributed by atoms with Crippen LogP contribution in [0.1, 0.15) is 23.6 Å². The van der Waals surface area contributed by atoms with Crippen LogP contribution in [0.3, 0.4) is 0 Å². The number of hydrogen-bond donors (Lipinski definition) is 0. The van der Waals surface area contributed by atoms with Crippen molar-refractivity contribution in [3.05, 3.63) is 71.5 Å². The van der Waals surface area contributed by atoms with Crippen LogP contribution < -0.4 is 0 Å².